The standard InChI is InChI=1S/C16H19N3O2S/c20-15(17-11-16(21)7-9-22-12-16)10-13-6-8-19(18-13)14-4-2-1-3-5-14/h1-6,8,21H,7,9-12H2,(H,17,20)/t16-/m1/s1. The number of amides is 1. The highest BCUT2D eigenvalue weighted by Gasteiger charge is 2.31. The molecule has 2 aromatic rings. The summed E-state index contributed by atoms with van der Waals surface area (Å²) in [5.74, 6) is 1.53. The smallest absolute Gasteiger partial charge is 0.226 e. The fraction of sp³-hybridized carbons (Fsp3) is 0.375. The van der Waals surface area contributed by atoms with Crippen LogP contribution < -0.4 is 5.32 Å². The molecule has 0 saturated carbocycles. The number of aromatic nitrogens is 2. The van der Waals surface area contributed by atoms with Crippen LogP contribution in [0.3, 0.4) is 0 Å². The Hall–Kier alpha value is -1.79. The third kappa shape index (κ3) is 3.69. The molecular formula is C16H19N3O2S. The van der Waals surface area contributed by atoms with Gasteiger partial charge < -0.3 is 10.4 Å². The van der Waals surface area contributed by atoms with Crippen LogP contribution >= 0.6 is 11.8 Å². The summed E-state index contributed by atoms with van der Waals surface area (Å²) < 4.78 is 1.75. The van der Waals surface area contributed by atoms with E-state index in [-0.39, 0.29) is 12.3 Å². The Morgan fingerprint density at radius 2 is 2.18 bits per heavy atom. The summed E-state index contributed by atoms with van der Waals surface area (Å²) in [6.07, 6.45) is 2.81. The van der Waals surface area contributed by atoms with Crippen LogP contribution in [-0.2, 0) is 11.2 Å². The molecule has 2 heterocycles. The quantitative estimate of drug-likeness (QED) is 0.875. The SMILES string of the molecule is O=C(Cc1ccn(-c2ccccc2)n1)NC[C@]1(O)CCSC1. The minimum absolute atomic E-state index is 0.108. The molecule has 1 amide bonds. The number of para-hydroxylation sites is 1. The maximum Gasteiger partial charge on any atom is 0.226 e. The van der Waals surface area contributed by atoms with E-state index < -0.39 is 5.60 Å². The number of nitrogens with zero attached hydrogens (tertiary/aromatic N) is 2. The number of hydrogen-bond acceptors (Lipinski definition) is 4. The van der Waals surface area contributed by atoms with E-state index in [4.69, 9.17) is 0 Å². The van der Waals surface area contributed by atoms with Gasteiger partial charge in [-0.15, -0.1) is 0 Å². The van der Waals surface area contributed by atoms with Crippen molar-refractivity contribution in [3.05, 3.63) is 48.3 Å². The molecule has 1 fully saturated rings. The van der Waals surface area contributed by atoms with Gasteiger partial charge in [-0.05, 0) is 30.4 Å². The number of carbonyl (C=O) groups is 1. The van der Waals surface area contributed by atoms with Crippen molar-refractivity contribution in [3.8, 4) is 5.69 Å². The van der Waals surface area contributed by atoms with Gasteiger partial charge in [0, 0.05) is 18.5 Å². The number of rotatable bonds is 5. The Balaban J connectivity index is 1.55. The number of carbonyl (C=O) groups excluding carboxylic acids is 1. The van der Waals surface area contributed by atoms with Crippen molar-refractivity contribution < 1.29 is 9.90 Å². The molecule has 1 aromatic carbocycles. The van der Waals surface area contributed by atoms with Crippen LogP contribution in [0.1, 0.15) is 12.1 Å². The van der Waals surface area contributed by atoms with Crippen LogP contribution in [0.25, 0.3) is 5.69 Å². The summed E-state index contributed by atoms with van der Waals surface area (Å²) in [5, 5.41) is 17.4. The van der Waals surface area contributed by atoms with Gasteiger partial charge in [0.25, 0.3) is 0 Å². The second kappa shape index (κ2) is 6.54. The van der Waals surface area contributed by atoms with Crippen molar-refractivity contribution in [1.82, 2.24) is 15.1 Å². The predicted molar refractivity (Wildman–Crippen MR) is 87.2 cm³/mol. The van der Waals surface area contributed by atoms with Crippen molar-refractivity contribution in [2.45, 2.75) is 18.4 Å². The largest absolute Gasteiger partial charge is 0.387 e. The lowest BCUT2D eigenvalue weighted by Gasteiger charge is -2.21. The van der Waals surface area contributed by atoms with Gasteiger partial charge in [0.15, 0.2) is 0 Å². The average molecular weight is 317 g/mol. The molecule has 2 N–H and O–H groups in total. The summed E-state index contributed by atoms with van der Waals surface area (Å²) >= 11 is 1.72. The predicted octanol–water partition coefficient (Wildman–Crippen LogP) is 1.40. The monoisotopic (exact) mass is 317 g/mol. The number of thioether (sulfide) groups is 1. The lowest BCUT2D eigenvalue weighted by Crippen LogP contribution is -2.43. The molecule has 116 valence electrons. The van der Waals surface area contributed by atoms with Crippen molar-refractivity contribution in [2.24, 2.45) is 0 Å². The molecule has 1 atom stereocenters. The molecule has 5 nitrogen and oxygen atoms in total. The first kappa shape index (κ1) is 15.1. The highest BCUT2D eigenvalue weighted by Crippen LogP contribution is 2.26. The molecule has 3 rings (SSSR count). The molecule has 22 heavy (non-hydrogen) atoms. The van der Waals surface area contributed by atoms with Crippen molar-refractivity contribution in [3.63, 3.8) is 0 Å². The number of benzene rings is 1. The lowest BCUT2D eigenvalue weighted by atomic mass is 10.0. The average Bonchev–Trinajstić information content (AvgIpc) is 3.16. The number of aliphatic hydroxyl groups is 1. The fourth-order valence-electron chi connectivity index (χ4n) is 2.41. The molecule has 0 radical (unpaired) electrons. The normalized spacial score (nSPS) is 21.0. The van der Waals surface area contributed by atoms with Gasteiger partial charge in [-0.2, -0.15) is 16.9 Å². The fourth-order valence-corrected chi connectivity index (χ4v) is 3.70. The second-order valence-corrected chi connectivity index (χ2v) is 6.67. The van der Waals surface area contributed by atoms with E-state index in [1.807, 2.05) is 42.6 Å². The lowest BCUT2D eigenvalue weighted by molar-refractivity contribution is -0.121. The first-order valence-electron chi connectivity index (χ1n) is 7.31. The van der Waals surface area contributed by atoms with E-state index in [0.717, 1.165) is 17.9 Å². The van der Waals surface area contributed by atoms with Gasteiger partial charge in [0.05, 0.1) is 23.4 Å². The van der Waals surface area contributed by atoms with Crippen LogP contribution in [0.15, 0.2) is 42.6 Å². The molecule has 1 aromatic heterocycles. The molecule has 0 unspecified atom stereocenters. The van der Waals surface area contributed by atoms with Crippen molar-refractivity contribution >= 4 is 17.7 Å². The number of nitrogens with one attached hydrogen (secondary N) is 1. The second-order valence-electron chi connectivity index (χ2n) is 5.57. The zero-order valence-electron chi connectivity index (χ0n) is 12.2. The van der Waals surface area contributed by atoms with E-state index in [2.05, 4.69) is 10.4 Å². The zero-order valence-corrected chi connectivity index (χ0v) is 13.1. The minimum atomic E-state index is -0.746. The van der Waals surface area contributed by atoms with E-state index in [1.54, 1.807) is 16.4 Å². The van der Waals surface area contributed by atoms with Crippen molar-refractivity contribution in [1.29, 1.82) is 0 Å². The first-order chi connectivity index (χ1) is 10.6. The molecule has 0 spiro atoms. The Bertz CT molecular complexity index is 636. The molecule has 1 aliphatic heterocycles. The van der Waals surface area contributed by atoms with E-state index in [1.165, 1.54) is 0 Å². The number of hydrogen-bond donors (Lipinski definition) is 2. The van der Waals surface area contributed by atoms with Gasteiger partial charge in [0.1, 0.15) is 0 Å². The highest BCUT2D eigenvalue weighted by atomic mass is 32.2. The summed E-state index contributed by atoms with van der Waals surface area (Å²) in [4.78, 5) is 12.0. The Labute approximate surface area is 133 Å². The Morgan fingerprint density at radius 3 is 2.91 bits per heavy atom. The first-order valence-corrected chi connectivity index (χ1v) is 8.47. The molecule has 0 aliphatic carbocycles. The summed E-state index contributed by atoms with van der Waals surface area (Å²) in [6, 6.07) is 11.6. The van der Waals surface area contributed by atoms with Crippen LogP contribution in [0.4, 0.5) is 0 Å². The van der Waals surface area contributed by atoms with E-state index >= 15 is 0 Å². The molecular weight excluding hydrogens is 298 g/mol. The van der Waals surface area contributed by atoms with Crippen LogP contribution in [0.5, 0.6) is 0 Å². The van der Waals surface area contributed by atoms with Gasteiger partial charge in [0.2, 0.25) is 5.91 Å². The van der Waals surface area contributed by atoms with Gasteiger partial charge >= 0.3 is 0 Å². The molecule has 6 heteroatoms. The third-order valence-electron chi connectivity index (χ3n) is 3.70. The van der Waals surface area contributed by atoms with Crippen LogP contribution in [0, 0.1) is 0 Å². The van der Waals surface area contributed by atoms with Crippen molar-refractivity contribution in [2.75, 3.05) is 18.1 Å². The Kier molecular flexibility index (Phi) is 4.49. The van der Waals surface area contributed by atoms with E-state index in [9.17, 15) is 9.90 Å². The maximum absolute atomic E-state index is 12.0. The molecule has 0 bridgehead atoms. The summed E-state index contributed by atoms with van der Waals surface area (Å²) in [7, 11) is 0. The molecule has 1 aliphatic rings. The van der Waals surface area contributed by atoms with E-state index in [0.29, 0.717) is 18.0 Å². The topological polar surface area (TPSA) is 67.2 Å². The summed E-state index contributed by atoms with van der Waals surface area (Å²) in [6.45, 7) is 0.318. The van der Waals surface area contributed by atoms with Crippen LogP contribution in [-0.4, -0.2) is 44.4 Å². The Morgan fingerprint density at radius 1 is 1.36 bits per heavy atom. The van der Waals surface area contributed by atoms with Gasteiger partial charge in [-0.25, -0.2) is 4.68 Å². The van der Waals surface area contributed by atoms with Crippen LogP contribution in [0.2, 0.25) is 0 Å². The maximum atomic E-state index is 12.0. The summed E-state index contributed by atoms with van der Waals surface area (Å²) in [5.41, 5.74) is 0.935. The zero-order chi connectivity index (χ0) is 15.4. The third-order valence-corrected chi connectivity index (χ3v) is 4.94. The molecule has 1 saturated heterocycles. The van der Waals surface area contributed by atoms with Gasteiger partial charge in [-0.1, -0.05) is 18.2 Å². The van der Waals surface area contributed by atoms with Gasteiger partial charge in [-0.3, -0.25) is 4.79 Å². The minimum Gasteiger partial charge on any atom is -0.387 e. The highest BCUT2D eigenvalue weighted by molar-refractivity contribution is 7.99.